The number of methoxy groups -OCH3 is 3. The first-order chi connectivity index (χ1) is 15.9. The average Bonchev–Trinajstić information content (AvgIpc) is 2.88. The zero-order chi connectivity index (χ0) is 24.4. The van der Waals surface area contributed by atoms with Gasteiger partial charge < -0.3 is 14.2 Å². The van der Waals surface area contributed by atoms with Gasteiger partial charge in [0.2, 0.25) is 0 Å². The molecule has 3 rings (SSSR count). The lowest BCUT2D eigenvalue weighted by molar-refractivity contribution is -0.176. The van der Waals surface area contributed by atoms with E-state index in [1.807, 2.05) is 60.7 Å². The third-order valence-electron chi connectivity index (χ3n) is 5.93. The van der Waals surface area contributed by atoms with Gasteiger partial charge in [-0.1, -0.05) is 67.6 Å². The molecule has 33 heavy (non-hydrogen) atoms. The monoisotopic (exact) mass is 454 g/mol. The van der Waals surface area contributed by atoms with Crippen LogP contribution in [0.25, 0.3) is 0 Å². The van der Waals surface area contributed by atoms with Crippen LogP contribution in [0.3, 0.4) is 0 Å². The minimum Gasteiger partial charge on any atom is -0.469 e. The normalized spacial score (nSPS) is 18.8. The number of Topliss-reactive ketones (excluding diaryl/α,β-unsaturated/α-hetero) is 1. The Morgan fingerprint density at radius 2 is 1.15 bits per heavy atom. The van der Waals surface area contributed by atoms with Crippen molar-refractivity contribution < 1.29 is 33.4 Å². The third kappa shape index (κ3) is 5.48. The summed E-state index contributed by atoms with van der Waals surface area (Å²) in [5.41, 5.74) is -0.148. The smallest absolute Gasteiger partial charge is 0.324 e. The molecule has 1 aliphatic rings. The molecule has 0 radical (unpaired) electrons. The van der Waals surface area contributed by atoms with Crippen molar-refractivity contribution in [3.63, 3.8) is 0 Å². The molecule has 1 fully saturated rings. The van der Waals surface area contributed by atoms with Crippen molar-refractivity contribution >= 4 is 23.7 Å². The van der Waals surface area contributed by atoms with Gasteiger partial charge in [-0.2, -0.15) is 0 Å². The fourth-order valence-corrected chi connectivity index (χ4v) is 4.37. The van der Waals surface area contributed by atoms with E-state index in [9.17, 15) is 19.2 Å². The van der Waals surface area contributed by atoms with Gasteiger partial charge in [-0.05, 0) is 11.1 Å². The van der Waals surface area contributed by atoms with Gasteiger partial charge in [0, 0.05) is 31.1 Å². The molecule has 7 heteroatoms. The van der Waals surface area contributed by atoms with Gasteiger partial charge >= 0.3 is 17.9 Å². The molecule has 0 heterocycles. The molecule has 0 aliphatic heterocycles. The molecular formula is C26H30O7. The number of rotatable bonds is 5. The topological polar surface area (TPSA) is 96.0 Å². The second kappa shape index (κ2) is 11.9. The van der Waals surface area contributed by atoms with E-state index in [1.165, 1.54) is 21.3 Å². The number of ether oxygens (including phenoxy) is 3. The van der Waals surface area contributed by atoms with E-state index in [2.05, 4.69) is 4.74 Å². The molecule has 0 aromatic heterocycles. The van der Waals surface area contributed by atoms with Crippen molar-refractivity contribution in [2.75, 3.05) is 21.3 Å². The molecule has 0 N–H and O–H groups in total. The molecule has 0 saturated heterocycles. The third-order valence-corrected chi connectivity index (χ3v) is 5.93. The van der Waals surface area contributed by atoms with Crippen LogP contribution in [0.15, 0.2) is 60.7 Å². The molecule has 0 spiro atoms. The highest BCUT2D eigenvalue weighted by molar-refractivity contribution is 6.05. The van der Waals surface area contributed by atoms with Crippen molar-refractivity contribution in [1.82, 2.24) is 0 Å². The fraction of sp³-hybridized carbons (Fsp3) is 0.385. The van der Waals surface area contributed by atoms with Crippen LogP contribution in [-0.2, 0) is 33.4 Å². The van der Waals surface area contributed by atoms with Crippen LogP contribution in [0, 0.1) is 5.41 Å². The summed E-state index contributed by atoms with van der Waals surface area (Å²) in [6.07, 6.45) is 0.631. The minimum absolute atomic E-state index is 0.00105. The molecule has 2 aromatic carbocycles. The molecule has 2 atom stereocenters. The molecule has 0 bridgehead atoms. The fourth-order valence-electron chi connectivity index (χ4n) is 4.37. The lowest BCUT2D eigenvalue weighted by Gasteiger charge is -2.44. The number of hydrogen-bond acceptors (Lipinski definition) is 7. The van der Waals surface area contributed by atoms with Gasteiger partial charge in [0.25, 0.3) is 0 Å². The van der Waals surface area contributed by atoms with Crippen molar-refractivity contribution in [3.05, 3.63) is 71.8 Å². The number of hydrogen-bond donors (Lipinski definition) is 0. The quantitative estimate of drug-likeness (QED) is 0.385. The summed E-state index contributed by atoms with van der Waals surface area (Å²) in [5, 5.41) is 0. The van der Waals surface area contributed by atoms with E-state index in [-0.39, 0.29) is 24.6 Å². The van der Waals surface area contributed by atoms with Crippen LogP contribution >= 0.6 is 0 Å². The maximum absolute atomic E-state index is 13.1. The molecule has 2 aromatic rings. The SMILES string of the molecule is CCC(=O)OC.COC(=O)C1(C(=O)OC)C(c2ccccc2)CC(=O)CC1c1ccccc1. The van der Waals surface area contributed by atoms with Gasteiger partial charge in [-0.15, -0.1) is 0 Å². The van der Waals surface area contributed by atoms with E-state index in [0.29, 0.717) is 6.42 Å². The summed E-state index contributed by atoms with van der Waals surface area (Å²) in [6.45, 7) is 1.76. The van der Waals surface area contributed by atoms with Crippen LogP contribution in [0.1, 0.15) is 49.1 Å². The van der Waals surface area contributed by atoms with Crippen LogP contribution in [0.2, 0.25) is 0 Å². The van der Waals surface area contributed by atoms with Gasteiger partial charge in [-0.3, -0.25) is 19.2 Å². The molecular weight excluding hydrogens is 424 g/mol. The number of benzene rings is 2. The van der Waals surface area contributed by atoms with Crippen molar-refractivity contribution in [2.24, 2.45) is 5.41 Å². The van der Waals surface area contributed by atoms with Crippen LogP contribution in [0.5, 0.6) is 0 Å². The number of carbonyl (C=O) groups is 4. The van der Waals surface area contributed by atoms with Crippen molar-refractivity contribution in [3.8, 4) is 0 Å². The Labute approximate surface area is 194 Å². The highest BCUT2D eigenvalue weighted by Gasteiger charge is 2.63. The van der Waals surface area contributed by atoms with E-state index >= 15 is 0 Å². The zero-order valence-electron chi connectivity index (χ0n) is 19.4. The molecule has 7 nitrogen and oxygen atoms in total. The number of ketones is 1. The highest BCUT2D eigenvalue weighted by atomic mass is 16.5. The second-order valence-electron chi connectivity index (χ2n) is 7.66. The van der Waals surface area contributed by atoms with E-state index in [1.54, 1.807) is 6.92 Å². The van der Waals surface area contributed by atoms with Crippen LogP contribution in [0.4, 0.5) is 0 Å². The maximum Gasteiger partial charge on any atom is 0.324 e. The first kappa shape index (κ1) is 25.8. The molecule has 0 amide bonds. The lowest BCUT2D eigenvalue weighted by Crippen LogP contribution is -2.53. The maximum atomic E-state index is 13.1. The Morgan fingerprint density at radius 3 is 1.42 bits per heavy atom. The summed E-state index contributed by atoms with van der Waals surface area (Å²) in [6, 6.07) is 18.3. The van der Waals surface area contributed by atoms with E-state index in [4.69, 9.17) is 9.47 Å². The zero-order valence-corrected chi connectivity index (χ0v) is 19.4. The summed E-state index contributed by atoms with van der Waals surface area (Å²) in [5.74, 6) is -2.83. The molecule has 1 aliphatic carbocycles. The standard InChI is InChI=1S/C22H22O5.C4H8O2/c1-26-20(24)22(21(25)27-2)18(15-9-5-3-6-10-15)13-17(23)14-19(22)16-11-7-4-8-12-16;1-3-4(5)6-2/h3-12,18-19H,13-14H2,1-2H3;3H2,1-2H3. The second-order valence-corrected chi connectivity index (χ2v) is 7.66. The molecule has 176 valence electrons. The Hall–Kier alpha value is -3.48. The largest absolute Gasteiger partial charge is 0.469 e. The summed E-state index contributed by atoms with van der Waals surface area (Å²) in [4.78, 5) is 48.9. The first-order valence-corrected chi connectivity index (χ1v) is 10.7. The van der Waals surface area contributed by atoms with Gasteiger partial charge in [0.15, 0.2) is 5.41 Å². The Balaban J connectivity index is 0.000000569. The summed E-state index contributed by atoms with van der Waals surface area (Å²) < 4.78 is 14.5. The van der Waals surface area contributed by atoms with Crippen molar-refractivity contribution in [2.45, 2.75) is 38.0 Å². The van der Waals surface area contributed by atoms with Gasteiger partial charge in [0.1, 0.15) is 5.78 Å². The van der Waals surface area contributed by atoms with Gasteiger partial charge in [0.05, 0.1) is 21.3 Å². The highest BCUT2D eigenvalue weighted by Crippen LogP contribution is 2.55. The first-order valence-electron chi connectivity index (χ1n) is 10.7. The predicted molar refractivity (Wildman–Crippen MR) is 121 cm³/mol. The van der Waals surface area contributed by atoms with Crippen LogP contribution in [-0.4, -0.2) is 45.0 Å². The number of carbonyl (C=O) groups excluding carboxylic acids is 4. The average molecular weight is 455 g/mol. The van der Waals surface area contributed by atoms with E-state index < -0.39 is 29.2 Å². The van der Waals surface area contributed by atoms with Crippen LogP contribution < -0.4 is 0 Å². The van der Waals surface area contributed by atoms with Gasteiger partial charge in [-0.25, -0.2) is 0 Å². The predicted octanol–water partition coefficient (Wildman–Crippen LogP) is 3.82. The molecule has 2 unspecified atom stereocenters. The Kier molecular flexibility index (Phi) is 9.33. The van der Waals surface area contributed by atoms with E-state index in [0.717, 1.165) is 11.1 Å². The summed E-state index contributed by atoms with van der Waals surface area (Å²) in [7, 11) is 3.90. The number of esters is 3. The summed E-state index contributed by atoms with van der Waals surface area (Å²) >= 11 is 0. The minimum atomic E-state index is -1.62. The lowest BCUT2D eigenvalue weighted by atomic mass is 9.56. The van der Waals surface area contributed by atoms with Crippen molar-refractivity contribution in [1.29, 1.82) is 0 Å². The Bertz CT molecular complexity index is 878. The molecule has 1 saturated carbocycles. The Morgan fingerprint density at radius 1 is 0.758 bits per heavy atom.